The van der Waals surface area contributed by atoms with Crippen LogP contribution in [0.5, 0.6) is 5.88 Å². The van der Waals surface area contributed by atoms with Gasteiger partial charge < -0.3 is 15.4 Å². The van der Waals surface area contributed by atoms with E-state index in [0.717, 1.165) is 12.4 Å². The van der Waals surface area contributed by atoms with Crippen molar-refractivity contribution in [2.45, 2.75) is 32.9 Å². The van der Waals surface area contributed by atoms with Gasteiger partial charge in [-0.25, -0.2) is 24.4 Å². The molecule has 0 fully saturated rings. The van der Waals surface area contributed by atoms with Crippen LogP contribution >= 0.6 is 0 Å². The highest BCUT2D eigenvalue weighted by Crippen LogP contribution is 2.28. The van der Waals surface area contributed by atoms with Crippen LogP contribution < -0.4 is 15.4 Å². The second-order valence-electron chi connectivity index (χ2n) is 6.36. The van der Waals surface area contributed by atoms with Gasteiger partial charge in [0, 0.05) is 12.1 Å². The van der Waals surface area contributed by atoms with Crippen LogP contribution in [0, 0.1) is 15.9 Å². The first-order valence-corrected chi connectivity index (χ1v) is 8.70. The highest BCUT2D eigenvalue weighted by atomic mass is 19.1. The van der Waals surface area contributed by atoms with Crippen molar-refractivity contribution in [3.05, 3.63) is 52.3 Å². The molecule has 152 valence electrons. The lowest BCUT2D eigenvalue weighted by molar-refractivity contribution is -0.384. The number of aromatic amines is 1. The summed E-state index contributed by atoms with van der Waals surface area (Å²) in [6.45, 7) is 5.48. The van der Waals surface area contributed by atoms with Crippen molar-refractivity contribution >= 4 is 23.1 Å². The summed E-state index contributed by atoms with van der Waals surface area (Å²) in [6, 6.07) is 3.93. The van der Waals surface area contributed by atoms with E-state index in [0.29, 0.717) is 23.3 Å². The lowest BCUT2D eigenvalue weighted by atomic mass is 10.3. The molecule has 0 saturated carbocycles. The maximum absolute atomic E-state index is 13.0. The highest BCUT2D eigenvalue weighted by Gasteiger charge is 2.19. The molecule has 3 aromatic rings. The predicted molar refractivity (Wildman–Crippen MR) is 103 cm³/mol. The highest BCUT2D eigenvalue weighted by molar-refractivity contribution is 5.66. The van der Waals surface area contributed by atoms with Crippen LogP contribution in [0.3, 0.4) is 0 Å². The van der Waals surface area contributed by atoms with Gasteiger partial charge in [0.25, 0.3) is 0 Å². The molecule has 0 amide bonds. The summed E-state index contributed by atoms with van der Waals surface area (Å²) in [5, 5.41) is 23.9. The monoisotopic (exact) mass is 402 g/mol. The van der Waals surface area contributed by atoms with Gasteiger partial charge in [0.05, 0.1) is 29.5 Å². The summed E-state index contributed by atoms with van der Waals surface area (Å²) in [4.78, 5) is 22.9. The van der Waals surface area contributed by atoms with E-state index in [2.05, 4.69) is 35.8 Å². The van der Waals surface area contributed by atoms with Crippen molar-refractivity contribution in [2.24, 2.45) is 0 Å². The Hall–Kier alpha value is -3.83. The molecule has 0 aliphatic rings. The third kappa shape index (κ3) is 5.12. The molecule has 1 atom stereocenters. The first-order chi connectivity index (χ1) is 13.8. The van der Waals surface area contributed by atoms with E-state index in [9.17, 15) is 14.5 Å². The second kappa shape index (κ2) is 8.46. The molecule has 0 radical (unpaired) electrons. The van der Waals surface area contributed by atoms with Crippen LogP contribution in [-0.2, 0) is 0 Å². The number of anilines is 3. The van der Waals surface area contributed by atoms with Gasteiger partial charge in [0.1, 0.15) is 11.6 Å². The zero-order valence-electron chi connectivity index (χ0n) is 15.9. The molecule has 12 heteroatoms. The molecule has 0 aromatic carbocycles. The minimum absolute atomic E-state index is 0.00479. The number of nitro groups is 1. The quantitative estimate of drug-likeness (QED) is 0.381. The van der Waals surface area contributed by atoms with Gasteiger partial charge in [-0.15, -0.1) is 0 Å². The van der Waals surface area contributed by atoms with Crippen molar-refractivity contribution in [1.29, 1.82) is 0 Å². The number of rotatable bonds is 8. The maximum atomic E-state index is 13.0. The Labute approximate surface area is 164 Å². The molecule has 3 heterocycles. The molecule has 1 unspecified atom stereocenters. The first-order valence-electron chi connectivity index (χ1n) is 8.70. The van der Waals surface area contributed by atoms with Gasteiger partial charge in [0.2, 0.25) is 11.7 Å². The summed E-state index contributed by atoms with van der Waals surface area (Å²) in [7, 11) is 0. The van der Waals surface area contributed by atoms with Gasteiger partial charge in [-0.3, -0.25) is 10.1 Å². The fourth-order valence-corrected chi connectivity index (χ4v) is 2.41. The molecular weight excluding hydrogens is 383 g/mol. The van der Waals surface area contributed by atoms with E-state index in [1.807, 2.05) is 13.8 Å². The molecular formula is C17H19FN8O3. The Morgan fingerprint density at radius 3 is 2.59 bits per heavy atom. The standard InChI is InChI=1S/C17H19FN8O3/c1-9(2)29-15-6-14(24-25-15)23-17-12(26(27)28)4-5-13(22-17)21-10(3)16-19-7-11(18)8-20-16/h4-10H,1-3H3,(H3,21,22,23,24,25). The minimum Gasteiger partial charge on any atom is -0.475 e. The molecule has 3 aromatic heterocycles. The molecule has 0 bridgehead atoms. The van der Waals surface area contributed by atoms with Crippen LogP contribution in [-0.4, -0.2) is 36.2 Å². The van der Waals surface area contributed by atoms with Crippen LogP contribution in [0.2, 0.25) is 0 Å². The number of nitrogens with one attached hydrogen (secondary N) is 3. The summed E-state index contributed by atoms with van der Waals surface area (Å²) in [5.41, 5.74) is -0.226. The van der Waals surface area contributed by atoms with Crippen LogP contribution in [0.15, 0.2) is 30.6 Å². The third-order valence-corrected chi connectivity index (χ3v) is 3.63. The van der Waals surface area contributed by atoms with Gasteiger partial charge >= 0.3 is 5.69 Å². The number of H-pyrrole nitrogens is 1. The van der Waals surface area contributed by atoms with E-state index in [1.54, 1.807) is 13.0 Å². The molecule has 0 aliphatic heterocycles. The minimum atomic E-state index is -0.552. The van der Waals surface area contributed by atoms with Crippen LogP contribution in [0.25, 0.3) is 0 Å². The second-order valence-corrected chi connectivity index (χ2v) is 6.36. The van der Waals surface area contributed by atoms with Gasteiger partial charge in [-0.1, -0.05) is 0 Å². The SMILES string of the molecule is CC(C)Oc1cc(Nc2nc(NC(C)c3ncc(F)cn3)ccc2[N+](=O)[O-])n[nH]1. The van der Waals surface area contributed by atoms with Crippen molar-refractivity contribution in [3.63, 3.8) is 0 Å². The smallest absolute Gasteiger partial charge is 0.311 e. The first kappa shape index (κ1) is 19.9. The third-order valence-electron chi connectivity index (χ3n) is 3.63. The average Bonchev–Trinajstić information content (AvgIpc) is 3.08. The van der Waals surface area contributed by atoms with E-state index >= 15 is 0 Å². The number of pyridine rings is 1. The normalized spacial score (nSPS) is 11.9. The van der Waals surface area contributed by atoms with Gasteiger partial charge in [-0.2, -0.15) is 5.10 Å². The Bertz CT molecular complexity index is 993. The molecule has 11 nitrogen and oxygen atoms in total. The summed E-state index contributed by atoms with van der Waals surface area (Å²) >= 11 is 0. The van der Waals surface area contributed by atoms with E-state index < -0.39 is 16.8 Å². The fraction of sp³-hybridized carbons (Fsp3) is 0.294. The average molecular weight is 402 g/mol. The molecule has 0 saturated heterocycles. The van der Waals surface area contributed by atoms with E-state index in [4.69, 9.17) is 4.74 Å². The summed E-state index contributed by atoms with van der Waals surface area (Å²) in [6.07, 6.45) is 2.06. The number of hydrogen-bond donors (Lipinski definition) is 3. The zero-order chi connectivity index (χ0) is 21.0. The number of nitrogens with zero attached hydrogens (tertiary/aromatic N) is 5. The largest absolute Gasteiger partial charge is 0.475 e. The molecule has 0 spiro atoms. The lowest BCUT2D eigenvalue weighted by Crippen LogP contribution is -2.12. The molecule has 29 heavy (non-hydrogen) atoms. The van der Waals surface area contributed by atoms with E-state index in [-0.39, 0.29) is 17.6 Å². The Kier molecular flexibility index (Phi) is 5.81. The predicted octanol–water partition coefficient (Wildman–Crippen LogP) is 3.35. The topological polar surface area (TPSA) is 144 Å². The molecule has 3 rings (SSSR count). The Balaban J connectivity index is 1.81. The molecule has 0 aliphatic carbocycles. The van der Waals surface area contributed by atoms with Crippen molar-refractivity contribution in [1.82, 2.24) is 25.1 Å². The van der Waals surface area contributed by atoms with E-state index in [1.165, 1.54) is 12.1 Å². The van der Waals surface area contributed by atoms with Crippen LogP contribution in [0.4, 0.5) is 27.5 Å². The zero-order valence-corrected chi connectivity index (χ0v) is 15.9. The lowest BCUT2D eigenvalue weighted by Gasteiger charge is -2.14. The van der Waals surface area contributed by atoms with Crippen molar-refractivity contribution in [2.75, 3.05) is 10.6 Å². The summed E-state index contributed by atoms with van der Waals surface area (Å²) in [5.74, 6) is 0.872. The number of halogens is 1. The van der Waals surface area contributed by atoms with Crippen molar-refractivity contribution < 1.29 is 14.1 Å². The number of ether oxygens (including phenoxy) is 1. The Morgan fingerprint density at radius 2 is 1.93 bits per heavy atom. The van der Waals surface area contributed by atoms with Crippen LogP contribution in [0.1, 0.15) is 32.6 Å². The molecule has 3 N–H and O–H groups in total. The number of hydrogen-bond acceptors (Lipinski definition) is 9. The Morgan fingerprint density at radius 1 is 1.21 bits per heavy atom. The van der Waals surface area contributed by atoms with Crippen molar-refractivity contribution in [3.8, 4) is 5.88 Å². The fourth-order valence-electron chi connectivity index (χ4n) is 2.41. The maximum Gasteiger partial charge on any atom is 0.311 e. The van der Waals surface area contributed by atoms with Gasteiger partial charge in [0.15, 0.2) is 11.6 Å². The van der Waals surface area contributed by atoms with Gasteiger partial charge in [-0.05, 0) is 26.8 Å². The number of aromatic nitrogens is 5. The summed E-state index contributed by atoms with van der Waals surface area (Å²) < 4.78 is 18.5.